The molecule has 0 aliphatic carbocycles. The molecule has 0 aliphatic rings. The van der Waals surface area contributed by atoms with Gasteiger partial charge in [0.1, 0.15) is 12.2 Å². The van der Waals surface area contributed by atoms with Crippen LogP contribution in [0, 0.1) is 22.9 Å². The Kier molecular flexibility index (Phi) is 5.24. The number of hydrogen-bond donors (Lipinski definition) is 1. The highest BCUT2D eigenvalue weighted by Gasteiger charge is 2.21. The summed E-state index contributed by atoms with van der Waals surface area (Å²) in [6.45, 7) is 1.71. The van der Waals surface area contributed by atoms with Crippen molar-refractivity contribution in [3.63, 3.8) is 0 Å². The van der Waals surface area contributed by atoms with Crippen LogP contribution in [-0.2, 0) is 0 Å². The van der Waals surface area contributed by atoms with Gasteiger partial charge in [0.15, 0.2) is 11.6 Å². The number of nitro benzene ring substituents is 1. The van der Waals surface area contributed by atoms with Crippen LogP contribution in [0.25, 0.3) is 0 Å². The molecule has 1 N–H and O–H groups in total. The van der Waals surface area contributed by atoms with Gasteiger partial charge in [-0.3, -0.25) is 14.9 Å². The van der Waals surface area contributed by atoms with E-state index in [-0.39, 0.29) is 30.2 Å². The number of nitrogens with one attached hydrogen (secondary N) is 1. The topological polar surface area (TPSA) is 81.5 Å². The first-order valence-corrected chi connectivity index (χ1v) is 6.90. The lowest BCUT2D eigenvalue weighted by molar-refractivity contribution is -0.385. The summed E-state index contributed by atoms with van der Waals surface area (Å²) < 4.78 is 18.5. The minimum Gasteiger partial charge on any atom is -0.489 e. The Hall–Kier alpha value is -2.96. The average Bonchev–Trinajstić information content (AvgIpc) is 2.52. The lowest BCUT2D eigenvalue weighted by Crippen LogP contribution is -2.28. The van der Waals surface area contributed by atoms with Crippen LogP contribution in [-0.4, -0.2) is 24.0 Å². The fraction of sp³-hybridized carbons (Fsp3) is 0.188. The summed E-state index contributed by atoms with van der Waals surface area (Å²) in [4.78, 5) is 22.5. The molecule has 0 saturated carbocycles. The fourth-order valence-electron chi connectivity index (χ4n) is 2.07. The van der Waals surface area contributed by atoms with Crippen LogP contribution in [0.5, 0.6) is 5.75 Å². The van der Waals surface area contributed by atoms with E-state index in [9.17, 15) is 19.3 Å². The van der Waals surface area contributed by atoms with Gasteiger partial charge >= 0.3 is 0 Å². The van der Waals surface area contributed by atoms with Crippen molar-refractivity contribution in [3.05, 3.63) is 69.5 Å². The second kappa shape index (κ2) is 7.35. The number of rotatable bonds is 6. The Morgan fingerprint density at radius 3 is 2.70 bits per heavy atom. The summed E-state index contributed by atoms with van der Waals surface area (Å²) in [5.74, 6) is -0.978. The average molecular weight is 318 g/mol. The first-order chi connectivity index (χ1) is 11.0. The molecule has 2 rings (SSSR count). The van der Waals surface area contributed by atoms with Crippen molar-refractivity contribution in [2.45, 2.75) is 6.92 Å². The van der Waals surface area contributed by atoms with Gasteiger partial charge in [-0.15, -0.1) is 0 Å². The number of benzene rings is 2. The summed E-state index contributed by atoms with van der Waals surface area (Å²) in [6, 6.07) is 10.4. The van der Waals surface area contributed by atoms with Crippen LogP contribution in [0.3, 0.4) is 0 Å². The maximum Gasteiger partial charge on any atom is 0.285 e. The minimum absolute atomic E-state index is 0.0131. The predicted molar refractivity (Wildman–Crippen MR) is 82.1 cm³/mol. The van der Waals surface area contributed by atoms with E-state index < -0.39 is 16.6 Å². The molecule has 120 valence electrons. The van der Waals surface area contributed by atoms with Crippen molar-refractivity contribution in [3.8, 4) is 5.75 Å². The number of carbonyl (C=O) groups excluding carboxylic acids is 1. The van der Waals surface area contributed by atoms with Gasteiger partial charge in [0.25, 0.3) is 11.6 Å². The highest BCUT2D eigenvalue weighted by molar-refractivity contribution is 5.98. The molecule has 2 aromatic rings. The van der Waals surface area contributed by atoms with Gasteiger partial charge in [-0.05, 0) is 25.1 Å². The first kappa shape index (κ1) is 16.4. The van der Waals surface area contributed by atoms with E-state index in [0.717, 1.165) is 0 Å². The van der Waals surface area contributed by atoms with E-state index in [4.69, 9.17) is 4.74 Å². The highest BCUT2D eigenvalue weighted by Crippen LogP contribution is 2.22. The number of nitrogens with zero attached hydrogens (tertiary/aromatic N) is 1. The number of para-hydroxylation sites is 2. The molecule has 0 bridgehead atoms. The monoisotopic (exact) mass is 318 g/mol. The third kappa shape index (κ3) is 4.03. The minimum atomic E-state index is -0.583. The maximum atomic E-state index is 13.3. The molecule has 0 radical (unpaired) electrons. The van der Waals surface area contributed by atoms with Crippen molar-refractivity contribution in [2.75, 3.05) is 13.2 Å². The smallest absolute Gasteiger partial charge is 0.285 e. The first-order valence-electron chi connectivity index (χ1n) is 6.90. The summed E-state index contributed by atoms with van der Waals surface area (Å²) in [5.41, 5.74) is 0.172. The van der Waals surface area contributed by atoms with E-state index in [1.54, 1.807) is 31.2 Å². The van der Waals surface area contributed by atoms with E-state index in [2.05, 4.69) is 5.32 Å². The molecule has 6 nitrogen and oxygen atoms in total. The van der Waals surface area contributed by atoms with Gasteiger partial charge in [0.2, 0.25) is 0 Å². The fourth-order valence-corrected chi connectivity index (χ4v) is 2.07. The van der Waals surface area contributed by atoms with Crippen molar-refractivity contribution in [2.24, 2.45) is 0 Å². The van der Waals surface area contributed by atoms with Crippen LogP contribution >= 0.6 is 0 Å². The van der Waals surface area contributed by atoms with E-state index in [1.807, 2.05) is 0 Å². The number of aryl methyl sites for hydroxylation is 1. The zero-order chi connectivity index (χ0) is 16.8. The predicted octanol–water partition coefficient (Wildman–Crippen LogP) is 2.85. The SMILES string of the molecule is Cc1cccc(C(=O)NCCOc2ccccc2F)c1[N+](=O)[O-]. The molecule has 0 fully saturated rings. The summed E-state index contributed by atoms with van der Waals surface area (Å²) in [6.07, 6.45) is 0. The van der Waals surface area contributed by atoms with E-state index in [0.29, 0.717) is 5.56 Å². The maximum absolute atomic E-state index is 13.3. The van der Waals surface area contributed by atoms with Crippen molar-refractivity contribution in [1.82, 2.24) is 5.32 Å². The number of nitro groups is 1. The second-order valence-electron chi connectivity index (χ2n) is 4.76. The van der Waals surface area contributed by atoms with Gasteiger partial charge in [0.05, 0.1) is 11.5 Å². The second-order valence-corrected chi connectivity index (χ2v) is 4.76. The summed E-state index contributed by atoms with van der Waals surface area (Å²) in [5, 5.41) is 13.6. The Labute approximate surface area is 132 Å². The number of carbonyl (C=O) groups is 1. The Morgan fingerprint density at radius 1 is 1.26 bits per heavy atom. The normalized spacial score (nSPS) is 10.2. The van der Waals surface area contributed by atoms with E-state index in [1.165, 1.54) is 18.2 Å². The number of amides is 1. The number of hydrogen-bond acceptors (Lipinski definition) is 4. The van der Waals surface area contributed by atoms with Crippen LogP contribution in [0.1, 0.15) is 15.9 Å². The summed E-state index contributed by atoms with van der Waals surface area (Å²) >= 11 is 0. The number of ether oxygens (including phenoxy) is 1. The lowest BCUT2D eigenvalue weighted by atomic mass is 10.1. The zero-order valence-electron chi connectivity index (χ0n) is 12.4. The van der Waals surface area contributed by atoms with Crippen LogP contribution in [0.4, 0.5) is 10.1 Å². The molecule has 0 aliphatic heterocycles. The Balaban J connectivity index is 1.95. The molecule has 1 amide bonds. The molecular formula is C16H15FN2O4. The largest absolute Gasteiger partial charge is 0.489 e. The molecule has 0 heterocycles. The molecule has 0 saturated heterocycles. The molecule has 0 unspecified atom stereocenters. The Morgan fingerprint density at radius 2 is 2.00 bits per heavy atom. The lowest BCUT2D eigenvalue weighted by Gasteiger charge is -2.09. The van der Waals surface area contributed by atoms with Crippen LogP contribution in [0.2, 0.25) is 0 Å². The number of halogens is 1. The van der Waals surface area contributed by atoms with Gasteiger partial charge in [-0.25, -0.2) is 4.39 Å². The highest BCUT2D eigenvalue weighted by atomic mass is 19.1. The van der Waals surface area contributed by atoms with E-state index >= 15 is 0 Å². The molecule has 23 heavy (non-hydrogen) atoms. The van der Waals surface area contributed by atoms with Gasteiger partial charge in [0, 0.05) is 5.56 Å². The third-order valence-corrected chi connectivity index (χ3v) is 3.15. The van der Waals surface area contributed by atoms with Gasteiger partial charge in [-0.1, -0.05) is 24.3 Å². The molecule has 0 atom stereocenters. The quantitative estimate of drug-likeness (QED) is 0.504. The van der Waals surface area contributed by atoms with Gasteiger partial charge < -0.3 is 10.1 Å². The molecule has 0 spiro atoms. The molecule has 7 heteroatoms. The van der Waals surface area contributed by atoms with Crippen LogP contribution in [0.15, 0.2) is 42.5 Å². The molecule has 0 aromatic heterocycles. The third-order valence-electron chi connectivity index (χ3n) is 3.15. The summed E-state index contributed by atoms with van der Waals surface area (Å²) in [7, 11) is 0. The standard InChI is InChI=1S/C16H15FN2O4/c1-11-5-4-6-12(15(11)19(21)22)16(20)18-9-10-23-14-8-3-2-7-13(14)17/h2-8H,9-10H2,1H3,(H,18,20). The van der Waals surface area contributed by atoms with Crippen molar-refractivity contribution in [1.29, 1.82) is 0 Å². The van der Waals surface area contributed by atoms with Gasteiger partial charge in [-0.2, -0.15) is 0 Å². The molecule has 2 aromatic carbocycles. The zero-order valence-corrected chi connectivity index (χ0v) is 12.4. The van der Waals surface area contributed by atoms with Crippen molar-refractivity contribution < 1.29 is 18.8 Å². The van der Waals surface area contributed by atoms with Crippen molar-refractivity contribution >= 4 is 11.6 Å². The van der Waals surface area contributed by atoms with Crippen LogP contribution < -0.4 is 10.1 Å². The molecular weight excluding hydrogens is 303 g/mol. The Bertz CT molecular complexity index is 734.